The van der Waals surface area contributed by atoms with Crippen LogP contribution in [0.4, 0.5) is 0 Å². The van der Waals surface area contributed by atoms with Crippen LogP contribution in [0, 0.1) is 18.3 Å². The number of fused-ring (bicyclic) bond motifs is 1. The van der Waals surface area contributed by atoms with Gasteiger partial charge < -0.3 is 4.57 Å². The molecule has 116 valence electrons. The number of nitrogens with zero attached hydrogens (tertiary/aromatic N) is 1. The van der Waals surface area contributed by atoms with Gasteiger partial charge >= 0.3 is 0 Å². The van der Waals surface area contributed by atoms with E-state index < -0.39 is 0 Å². The van der Waals surface area contributed by atoms with Crippen molar-refractivity contribution in [2.45, 2.75) is 78.7 Å². The van der Waals surface area contributed by atoms with Crippen LogP contribution < -0.4 is 0 Å². The highest BCUT2D eigenvalue weighted by Gasteiger charge is 2.33. The van der Waals surface area contributed by atoms with E-state index in [0.717, 1.165) is 24.4 Å². The molecule has 21 heavy (non-hydrogen) atoms. The summed E-state index contributed by atoms with van der Waals surface area (Å²) < 4.78 is 2.43. The van der Waals surface area contributed by atoms with E-state index in [-0.39, 0.29) is 5.41 Å². The summed E-state index contributed by atoms with van der Waals surface area (Å²) in [7, 11) is 0. The van der Waals surface area contributed by atoms with Gasteiger partial charge in [0, 0.05) is 29.9 Å². The molecule has 2 aliphatic carbocycles. The predicted octanol–water partition coefficient (Wildman–Crippen LogP) is 4.92. The van der Waals surface area contributed by atoms with Gasteiger partial charge in [0.1, 0.15) is 0 Å². The van der Waals surface area contributed by atoms with Crippen molar-refractivity contribution >= 4 is 5.78 Å². The van der Waals surface area contributed by atoms with E-state index in [1.54, 1.807) is 0 Å². The van der Waals surface area contributed by atoms with Gasteiger partial charge in [-0.15, -0.1) is 0 Å². The first-order valence-corrected chi connectivity index (χ1v) is 8.68. The molecular formula is C19H29NO. The molecule has 0 bridgehead atoms. The van der Waals surface area contributed by atoms with Gasteiger partial charge in [-0.05, 0) is 43.6 Å². The summed E-state index contributed by atoms with van der Waals surface area (Å²) in [4.78, 5) is 12.3. The zero-order chi connectivity index (χ0) is 15.0. The number of ketones is 1. The largest absolute Gasteiger partial charge is 0.348 e. The highest BCUT2D eigenvalue weighted by atomic mass is 16.1. The smallest absolute Gasteiger partial charge is 0.165 e. The first-order valence-electron chi connectivity index (χ1n) is 8.68. The average molecular weight is 287 g/mol. The van der Waals surface area contributed by atoms with Crippen LogP contribution in [0.3, 0.4) is 0 Å². The minimum absolute atomic E-state index is 0.123. The van der Waals surface area contributed by atoms with Crippen LogP contribution in [0.15, 0.2) is 6.07 Å². The second-order valence-electron chi connectivity index (χ2n) is 8.03. The molecule has 0 aliphatic heterocycles. The molecule has 1 aromatic rings. The Morgan fingerprint density at radius 3 is 2.67 bits per heavy atom. The highest BCUT2D eigenvalue weighted by molar-refractivity contribution is 5.99. The number of rotatable bonds is 4. The molecule has 2 nitrogen and oxygen atoms in total. The van der Waals surface area contributed by atoms with Gasteiger partial charge in [0.25, 0.3) is 0 Å². The maximum atomic E-state index is 12.3. The van der Waals surface area contributed by atoms with Gasteiger partial charge in [-0.25, -0.2) is 0 Å². The van der Waals surface area contributed by atoms with Crippen molar-refractivity contribution in [1.29, 1.82) is 0 Å². The van der Waals surface area contributed by atoms with E-state index in [9.17, 15) is 4.79 Å². The van der Waals surface area contributed by atoms with Gasteiger partial charge in [0.2, 0.25) is 0 Å². The van der Waals surface area contributed by atoms with Crippen molar-refractivity contribution in [2.75, 3.05) is 0 Å². The molecule has 2 heteroatoms. The van der Waals surface area contributed by atoms with Crippen molar-refractivity contribution in [3.8, 4) is 0 Å². The molecule has 0 unspecified atom stereocenters. The molecule has 0 atom stereocenters. The monoisotopic (exact) mass is 287 g/mol. The maximum absolute atomic E-state index is 12.3. The minimum atomic E-state index is 0.123. The summed E-state index contributed by atoms with van der Waals surface area (Å²) >= 11 is 0. The Morgan fingerprint density at radius 2 is 1.95 bits per heavy atom. The zero-order valence-corrected chi connectivity index (χ0v) is 13.9. The molecule has 0 N–H and O–H groups in total. The maximum Gasteiger partial charge on any atom is 0.165 e. The summed E-state index contributed by atoms with van der Waals surface area (Å²) in [6, 6.07) is 2.13. The quantitative estimate of drug-likeness (QED) is 0.770. The van der Waals surface area contributed by atoms with Crippen LogP contribution in [0.2, 0.25) is 0 Å². The van der Waals surface area contributed by atoms with Crippen molar-refractivity contribution in [3.05, 3.63) is 23.0 Å². The third-order valence-electron chi connectivity index (χ3n) is 5.47. The summed E-state index contributed by atoms with van der Waals surface area (Å²) in [5.74, 6) is 1.31. The Labute approximate surface area is 128 Å². The van der Waals surface area contributed by atoms with E-state index >= 15 is 0 Å². The van der Waals surface area contributed by atoms with Gasteiger partial charge in [0.05, 0.1) is 0 Å². The molecule has 1 heterocycles. The number of carbonyl (C=O) groups excluding carboxylic acids is 1. The van der Waals surface area contributed by atoms with E-state index in [4.69, 9.17) is 0 Å². The Bertz CT molecular complexity index is 532. The van der Waals surface area contributed by atoms with Crippen LogP contribution in [0.25, 0.3) is 0 Å². The number of hydrogen-bond donors (Lipinski definition) is 0. The molecule has 0 saturated heterocycles. The van der Waals surface area contributed by atoms with Crippen LogP contribution >= 0.6 is 0 Å². The van der Waals surface area contributed by atoms with Gasteiger partial charge in [-0.2, -0.15) is 0 Å². The highest BCUT2D eigenvalue weighted by Crippen LogP contribution is 2.36. The van der Waals surface area contributed by atoms with Crippen LogP contribution in [-0.2, 0) is 13.0 Å². The number of aromatic nitrogens is 1. The third kappa shape index (κ3) is 3.09. The second kappa shape index (κ2) is 5.62. The lowest BCUT2D eigenvalue weighted by atomic mass is 9.76. The van der Waals surface area contributed by atoms with Gasteiger partial charge in [-0.3, -0.25) is 4.79 Å². The zero-order valence-electron chi connectivity index (χ0n) is 13.9. The Morgan fingerprint density at radius 1 is 1.24 bits per heavy atom. The SMILES string of the molecule is Cc1cc2c(n1CCCC1CCCC1)CC(C)(C)CC2=O. The Balaban J connectivity index is 1.72. The summed E-state index contributed by atoms with van der Waals surface area (Å²) in [5.41, 5.74) is 3.71. The lowest BCUT2D eigenvalue weighted by Crippen LogP contribution is -2.28. The van der Waals surface area contributed by atoms with E-state index in [2.05, 4.69) is 31.4 Å². The molecule has 1 fully saturated rings. The minimum Gasteiger partial charge on any atom is -0.348 e. The molecule has 0 aromatic carbocycles. The number of carbonyl (C=O) groups is 1. The lowest BCUT2D eigenvalue weighted by molar-refractivity contribution is 0.0910. The number of aryl methyl sites for hydroxylation is 1. The summed E-state index contributed by atoms with van der Waals surface area (Å²) in [6.45, 7) is 7.70. The topological polar surface area (TPSA) is 22.0 Å². The van der Waals surface area contributed by atoms with Crippen molar-refractivity contribution in [1.82, 2.24) is 4.57 Å². The van der Waals surface area contributed by atoms with Crippen LogP contribution in [-0.4, -0.2) is 10.4 Å². The standard InChI is InChI=1S/C19H29NO/c1-14-11-16-17(12-19(2,3)13-18(16)21)20(14)10-6-9-15-7-4-5-8-15/h11,15H,4-10,12-13H2,1-3H3. The van der Waals surface area contributed by atoms with Crippen molar-refractivity contribution in [2.24, 2.45) is 11.3 Å². The summed E-state index contributed by atoms with van der Waals surface area (Å²) in [6.07, 6.45) is 10.1. The van der Waals surface area contributed by atoms with E-state index in [0.29, 0.717) is 12.2 Å². The molecule has 1 saturated carbocycles. The molecule has 0 spiro atoms. The van der Waals surface area contributed by atoms with Crippen molar-refractivity contribution < 1.29 is 4.79 Å². The molecular weight excluding hydrogens is 258 g/mol. The molecule has 1 aromatic heterocycles. The van der Waals surface area contributed by atoms with E-state index in [1.165, 1.54) is 49.9 Å². The molecule has 0 amide bonds. The molecule has 2 aliphatic rings. The Hall–Kier alpha value is -1.05. The fourth-order valence-electron chi connectivity index (χ4n) is 4.35. The Kier molecular flexibility index (Phi) is 3.98. The lowest BCUT2D eigenvalue weighted by Gasteiger charge is -2.30. The second-order valence-corrected chi connectivity index (χ2v) is 8.03. The third-order valence-corrected chi connectivity index (χ3v) is 5.47. The van der Waals surface area contributed by atoms with E-state index in [1.807, 2.05) is 0 Å². The predicted molar refractivity (Wildman–Crippen MR) is 86.8 cm³/mol. The molecule has 3 rings (SSSR count). The fourth-order valence-corrected chi connectivity index (χ4v) is 4.35. The normalized spacial score (nSPS) is 21.8. The number of hydrogen-bond acceptors (Lipinski definition) is 1. The van der Waals surface area contributed by atoms with Crippen LogP contribution in [0.1, 0.15) is 80.5 Å². The van der Waals surface area contributed by atoms with Gasteiger partial charge in [0.15, 0.2) is 5.78 Å². The average Bonchev–Trinajstić information content (AvgIpc) is 2.99. The molecule has 0 radical (unpaired) electrons. The van der Waals surface area contributed by atoms with Gasteiger partial charge in [-0.1, -0.05) is 39.5 Å². The van der Waals surface area contributed by atoms with Crippen molar-refractivity contribution in [3.63, 3.8) is 0 Å². The first-order chi connectivity index (χ1) is 9.96. The number of Topliss-reactive ketones (excluding diaryl/α,β-unsaturated/α-hetero) is 1. The summed E-state index contributed by atoms with van der Waals surface area (Å²) in [5, 5.41) is 0. The fraction of sp³-hybridized carbons (Fsp3) is 0.737. The van der Waals surface area contributed by atoms with Crippen LogP contribution in [0.5, 0.6) is 0 Å². The first kappa shape index (κ1) is 14.9.